The van der Waals surface area contributed by atoms with Crippen molar-refractivity contribution in [3.63, 3.8) is 0 Å². The molecule has 0 bridgehead atoms. The first kappa shape index (κ1) is 29.0. The summed E-state index contributed by atoms with van der Waals surface area (Å²) in [6, 6.07) is 7.77. The monoisotopic (exact) mass is 515 g/mol. The number of carbonyl (C=O) groups is 2. The summed E-state index contributed by atoms with van der Waals surface area (Å²) >= 11 is 0. The van der Waals surface area contributed by atoms with E-state index in [1.54, 1.807) is 44.6 Å². The fourth-order valence-electron chi connectivity index (χ4n) is 3.04. The number of aromatic nitrogens is 3. The summed E-state index contributed by atoms with van der Waals surface area (Å²) < 4.78 is 33.3. The number of nitrogens with one attached hydrogen (secondary N) is 2. The zero-order valence-electron chi connectivity index (χ0n) is 18.5. The third-order valence-corrected chi connectivity index (χ3v) is 4.65. The van der Waals surface area contributed by atoms with Gasteiger partial charge in [-0.3, -0.25) is 24.6 Å². The molecule has 8 nitrogen and oxygen atoms in total. The van der Waals surface area contributed by atoms with Crippen LogP contribution in [-0.2, 0) is 27.8 Å². The maximum atomic E-state index is 13.6. The Labute approximate surface area is 207 Å². The first-order chi connectivity index (χ1) is 15.4. The molecule has 1 amide bonds. The largest absolute Gasteiger partial charge is 0.465 e. The van der Waals surface area contributed by atoms with Crippen molar-refractivity contribution in [1.29, 1.82) is 0 Å². The van der Waals surface area contributed by atoms with Gasteiger partial charge in [0.2, 0.25) is 5.91 Å². The van der Waals surface area contributed by atoms with Crippen LogP contribution in [0, 0.1) is 11.6 Å². The van der Waals surface area contributed by atoms with Crippen LogP contribution < -0.4 is 10.6 Å². The van der Waals surface area contributed by atoms with Crippen LogP contribution in [0.15, 0.2) is 48.8 Å². The maximum Gasteiger partial charge on any atom is 0.319 e. The minimum atomic E-state index is -1.01. The third-order valence-electron chi connectivity index (χ3n) is 4.65. The molecule has 0 saturated carbocycles. The van der Waals surface area contributed by atoms with Gasteiger partial charge in [-0.25, -0.2) is 8.78 Å². The zero-order chi connectivity index (χ0) is 23.1. The van der Waals surface area contributed by atoms with Crippen LogP contribution in [0.4, 0.5) is 14.6 Å². The van der Waals surface area contributed by atoms with E-state index in [2.05, 4.69) is 20.7 Å². The Hall–Kier alpha value is -3.08. The number of hydrogen-bond donors (Lipinski definition) is 2. The lowest BCUT2D eigenvalue weighted by Gasteiger charge is -2.18. The topological polar surface area (TPSA) is 98.1 Å². The molecule has 1 aromatic carbocycles. The van der Waals surface area contributed by atoms with Crippen LogP contribution in [0.5, 0.6) is 0 Å². The normalized spacial score (nSPS) is 11.1. The first-order valence-corrected chi connectivity index (χ1v) is 9.95. The second-order valence-corrected chi connectivity index (χ2v) is 6.95. The number of benzene rings is 1. The Morgan fingerprint density at radius 2 is 1.79 bits per heavy atom. The molecule has 2 aromatic heterocycles. The average Bonchev–Trinajstić information content (AvgIpc) is 3.14. The van der Waals surface area contributed by atoms with Crippen molar-refractivity contribution in [3.8, 4) is 11.3 Å². The molecule has 3 rings (SSSR count). The average molecular weight is 516 g/mol. The number of halogens is 4. The predicted molar refractivity (Wildman–Crippen MR) is 128 cm³/mol. The summed E-state index contributed by atoms with van der Waals surface area (Å²) in [4.78, 5) is 28.7. The van der Waals surface area contributed by atoms with Crippen LogP contribution in [0.1, 0.15) is 12.5 Å². The molecular weight excluding hydrogens is 491 g/mol. The van der Waals surface area contributed by atoms with Crippen molar-refractivity contribution in [3.05, 3.63) is 66.0 Å². The van der Waals surface area contributed by atoms with Crippen LogP contribution in [0.25, 0.3) is 11.3 Å². The van der Waals surface area contributed by atoms with Crippen molar-refractivity contribution < 1.29 is 23.1 Å². The number of pyridine rings is 1. The number of nitrogens with zero attached hydrogens (tertiary/aromatic N) is 3. The standard InChI is InChI=1S/C22H23F2N5O3.2ClH/c1-3-32-21(30)13-26-19(11-14-4-5-16(23)17(24)10-14)22(31)27-20-12-18(28-29(20)2)15-6-8-25-9-7-15;;/h4-10,12,19,26H,3,11,13H2,1-2H3,(H,27,31);2*1H. The maximum absolute atomic E-state index is 13.6. The summed E-state index contributed by atoms with van der Waals surface area (Å²) in [6.45, 7) is 1.66. The number of ether oxygens (including phenoxy) is 1. The lowest BCUT2D eigenvalue weighted by atomic mass is 10.0. The molecule has 0 radical (unpaired) electrons. The number of hydrogen-bond acceptors (Lipinski definition) is 6. The summed E-state index contributed by atoms with van der Waals surface area (Å²) in [5.41, 5.74) is 1.86. The van der Waals surface area contributed by atoms with Gasteiger partial charge in [-0.2, -0.15) is 5.10 Å². The van der Waals surface area contributed by atoms with Gasteiger partial charge in [-0.15, -0.1) is 24.8 Å². The van der Waals surface area contributed by atoms with E-state index in [1.165, 1.54) is 10.7 Å². The SMILES string of the molecule is CCOC(=O)CNC(Cc1ccc(F)c(F)c1)C(=O)Nc1cc(-c2ccncc2)nn1C.Cl.Cl. The van der Waals surface area contributed by atoms with E-state index < -0.39 is 29.6 Å². The summed E-state index contributed by atoms with van der Waals surface area (Å²) in [5, 5.41) is 9.98. The Morgan fingerprint density at radius 3 is 2.44 bits per heavy atom. The van der Waals surface area contributed by atoms with Crippen LogP contribution in [0.3, 0.4) is 0 Å². The highest BCUT2D eigenvalue weighted by molar-refractivity contribution is 5.95. The molecule has 34 heavy (non-hydrogen) atoms. The zero-order valence-corrected chi connectivity index (χ0v) is 20.1. The molecule has 0 spiro atoms. The number of anilines is 1. The fraction of sp³-hybridized carbons (Fsp3) is 0.273. The molecule has 2 heterocycles. The molecule has 1 atom stereocenters. The Bertz CT molecular complexity index is 1100. The van der Waals surface area contributed by atoms with E-state index in [-0.39, 0.29) is 44.4 Å². The molecule has 184 valence electrons. The predicted octanol–water partition coefficient (Wildman–Crippen LogP) is 3.31. The lowest BCUT2D eigenvalue weighted by molar-refractivity contribution is -0.142. The molecule has 2 N–H and O–H groups in total. The molecule has 0 fully saturated rings. The number of carbonyl (C=O) groups excluding carboxylic acids is 2. The van der Waals surface area contributed by atoms with Crippen molar-refractivity contribution in [2.24, 2.45) is 7.05 Å². The minimum Gasteiger partial charge on any atom is -0.465 e. The lowest BCUT2D eigenvalue weighted by Crippen LogP contribution is -2.45. The van der Waals surface area contributed by atoms with E-state index in [0.717, 1.165) is 17.7 Å². The molecule has 0 aliphatic carbocycles. The van der Waals surface area contributed by atoms with Gasteiger partial charge in [0, 0.05) is 31.1 Å². The van der Waals surface area contributed by atoms with Crippen molar-refractivity contribution >= 4 is 42.5 Å². The Balaban J connectivity index is 0.00000289. The molecule has 3 aromatic rings. The van der Waals surface area contributed by atoms with Crippen molar-refractivity contribution in [1.82, 2.24) is 20.1 Å². The summed E-state index contributed by atoms with van der Waals surface area (Å²) in [6.07, 6.45) is 3.30. The van der Waals surface area contributed by atoms with Crippen molar-refractivity contribution in [2.45, 2.75) is 19.4 Å². The molecule has 0 saturated heterocycles. The van der Waals surface area contributed by atoms with E-state index in [1.807, 2.05) is 0 Å². The van der Waals surface area contributed by atoms with Gasteiger partial charge in [0.25, 0.3) is 0 Å². The van der Waals surface area contributed by atoms with Crippen LogP contribution >= 0.6 is 24.8 Å². The summed E-state index contributed by atoms with van der Waals surface area (Å²) in [5.74, 6) is -2.57. The van der Waals surface area contributed by atoms with Gasteiger partial charge in [-0.05, 0) is 43.2 Å². The molecule has 1 unspecified atom stereocenters. The van der Waals surface area contributed by atoms with E-state index >= 15 is 0 Å². The fourth-order valence-corrected chi connectivity index (χ4v) is 3.04. The summed E-state index contributed by atoms with van der Waals surface area (Å²) in [7, 11) is 1.68. The van der Waals surface area contributed by atoms with Crippen LogP contribution in [-0.4, -0.2) is 45.8 Å². The van der Waals surface area contributed by atoms with Crippen molar-refractivity contribution in [2.75, 3.05) is 18.5 Å². The quantitative estimate of drug-likeness (QED) is 0.424. The molecule has 0 aliphatic rings. The number of amides is 1. The molecule has 12 heteroatoms. The number of aryl methyl sites for hydroxylation is 1. The minimum absolute atomic E-state index is 0. The highest BCUT2D eigenvalue weighted by Gasteiger charge is 2.22. The number of esters is 1. The smallest absolute Gasteiger partial charge is 0.319 e. The first-order valence-electron chi connectivity index (χ1n) is 9.95. The van der Waals surface area contributed by atoms with E-state index in [0.29, 0.717) is 17.1 Å². The highest BCUT2D eigenvalue weighted by atomic mass is 35.5. The Kier molecular flexibility index (Phi) is 11.6. The van der Waals surface area contributed by atoms with Gasteiger partial charge < -0.3 is 10.1 Å². The van der Waals surface area contributed by atoms with Gasteiger partial charge in [0.1, 0.15) is 5.82 Å². The second-order valence-electron chi connectivity index (χ2n) is 6.95. The van der Waals surface area contributed by atoms with Gasteiger partial charge in [0.05, 0.1) is 24.9 Å². The number of rotatable bonds is 9. The molecular formula is C22H25Cl2F2N5O3. The third kappa shape index (κ3) is 7.75. The van der Waals surface area contributed by atoms with Crippen LogP contribution in [0.2, 0.25) is 0 Å². The van der Waals surface area contributed by atoms with E-state index in [4.69, 9.17) is 4.74 Å². The Morgan fingerprint density at radius 1 is 1.09 bits per heavy atom. The van der Waals surface area contributed by atoms with Gasteiger partial charge in [-0.1, -0.05) is 6.07 Å². The van der Waals surface area contributed by atoms with Gasteiger partial charge >= 0.3 is 5.97 Å². The van der Waals surface area contributed by atoms with E-state index in [9.17, 15) is 18.4 Å². The second kappa shape index (κ2) is 13.6. The van der Waals surface area contributed by atoms with Gasteiger partial charge in [0.15, 0.2) is 11.6 Å². The highest BCUT2D eigenvalue weighted by Crippen LogP contribution is 2.21. The molecule has 0 aliphatic heterocycles.